The zero-order valence-corrected chi connectivity index (χ0v) is 11.6. The van der Waals surface area contributed by atoms with Crippen LogP contribution in [0.25, 0.3) is 0 Å². The first-order valence-corrected chi connectivity index (χ1v) is 7.08. The molecule has 0 radical (unpaired) electrons. The molecule has 0 saturated carbocycles. The summed E-state index contributed by atoms with van der Waals surface area (Å²) in [4.78, 5) is 1.20. The summed E-state index contributed by atoms with van der Waals surface area (Å²) >= 11 is 1.69. The van der Waals surface area contributed by atoms with E-state index in [1.165, 1.54) is 16.0 Å². The molecule has 1 atom stereocenters. The highest BCUT2D eigenvalue weighted by Crippen LogP contribution is 2.25. The number of aliphatic hydroxyl groups is 1. The zero-order valence-electron chi connectivity index (χ0n) is 10.8. The average molecular weight is 258 g/mol. The number of rotatable bonds is 4. The van der Waals surface area contributed by atoms with Crippen molar-refractivity contribution in [3.05, 3.63) is 65.2 Å². The zero-order chi connectivity index (χ0) is 13.0. The lowest BCUT2D eigenvalue weighted by Gasteiger charge is -2.12. The predicted molar refractivity (Wildman–Crippen MR) is 78.0 cm³/mol. The second-order valence-electron chi connectivity index (χ2n) is 4.56. The Morgan fingerprint density at radius 3 is 2.22 bits per heavy atom. The molecule has 1 N–H and O–H groups in total. The van der Waals surface area contributed by atoms with Crippen LogP contribution < -0.4 is 0 Å². The number of benzene rings is 2. The van der Waals surface area contributed by atoms with E-state index in [0.717, 1.165) is 5.56 Å². The molecular weight excluding hydrogens is 240 g/mol. The van der Waals surface area contributed by atoms with E-state index >= 15 is 0 Å². The molecule has 0 aliphatic carbocycles. The van der Waals surface area contributed by atoms with E-state index in [-0.39, 0.29) is 0 Å². The van der Waals surface area contributed by atoms with E-state index in [4.69, 9.17) is 0 Å². The highest BCUT2D eigenvalue weighted by molar-refractivity contribution is 7.99. The Labute approximate surface area is 113 Å². The molecule has 1 nitrogen and oxygen atoms in total. The number of thioether (sulfide) groups is 1. The first-order valence-electron chi connectivity index (χ1n) is 6.09. The maximum absolute atomic E-state index is 10.2. The van der Waals surface area contributed by atoms with Crippen molar-refractivity contribution in [2.24, 2.45) is 0 Å². The maximum atomic E-state index is 10.2. The molecule has 0 aliphatic rings. The molecule has 0 saturated heterocycles. The normalized spacial score (nSPS) is 12.4. The van der Waals surface area contributed by atoms with Crippen molar-refractivity contribution in [3.8, 4) is 0 Å². The molecule has 2 aromatic rings. The molecule has 0 fully saturated rings. The van der Waals surface area contributed by atoms with Gasteiger partial charge >= 0.3 is 0 Å². The van der Waals surface area contributed by atoms with Gasteiger partial charge in [-0.05, 0) is 31.5 Å². The van der Waals surface area contributed by atoms with Crippen molar-refractivity contribution in [2.75, 3.05) is 5.75 Å². The van der Waals surface area contributed by atoms with E-state index in [0.29, 0.717) is 5.75 Å². The van der Waals surface area contributed by atoms with Gasteiger partial charge in [-0.3, -0.25) is 0 Å². The van der Waals surface area contributed by atoms with Crippen LogP contribution in [0.2, 0.25) is 0 Å². The Bertz CT molecular complexity index is 488. The van der Waals surface area contributed by atoms with Crippen LogP contribution in [0.1, 0.15) is 22.8 Å². The Morgan fingerprint density at radius 1 is 1.00 bits per heavy atom. The molecule has 94 valence electrons. The third-order valence-corrected chi connectivity index (χ3v) is 3.87. The topological polar surface area (TPSA) is 20.2 Å². The number of aliphatic hydroxyl groups excluding tert-OH is 1. The minimum Gasteiger partial charge on any atom is -0.388 e. The standard InChI is InChI=1S/C16H18OS/c1-12-8-13(2)10-14(9-12)16(17)11-18-15-6-4-3-5-7-15/h3-10,16-17H,11H2,1-2H3. The van der Waals surface area contributed by atoms with Gasteiger partial charge in [0.2, 0.25) is 0 Å². The van der Waals surface area contributed by atoms with Gasteiger partial charge in [0.05, 0.1) is 6.10 Å². The smallest absolute Gasteiger partial charge is 0.0884 e. The fourth-order valence-corrected chi connectivity index (χ4v) is 2.88. The summed E-state index contributed by atoms with van der Waals surface area (Å²) < 4.78 is 0. The Kier molecular flexibility index (Phi) is 4.45. The van der Waals surface area contributed by atoms with E-state index < -0.39 is 6.10 Å². The minimum atomic E-state index is -0.409. The largest absolute Gasteiger partial charge is 0.388 e. The van der Waals surface area contributed by atoms with Crippen LogP contribution in [0.3, 0.4) is 0 Å². The fraction of sp³-hybridized carbons (Fsp3) is 0.250. The summed E-state index contributed by atoms with van der Waals surface area (Å²) in [5.41, 5.74) is 3.42. The highest BCUT2D eigenvalue weighted by atomic mass is 32.2. The summed E-state index contributed by atoms with van der Waals surface area (Å²) in [6.07, 6.45) is -0.409. The van der Waals surface area contributed by atoms with Crippen LogP contribution in [-0.2, 0) is 0 Å². The molecule has 2 aromatic carbocycles. The molecule has 1 unspecified atom stereocenters. The lowest BCUT2D eigenvalue weighted by molar-refractivity contribution is 0.204. The van der Waals surface area contributed by atoms with Gasteiger partial charge in [0, 0.05) is 10.6 Å². The van der Waals surface area contributed by atoms with E-state index in [1.807, 2.05) is 18.2 Å². The van der Waals surface area contributed by atoms with E-state index in [9.17, 15) is 5.11 Å². The first-order chi connectivity index (χ1) is 8.65. The van der Waals surface area contributed by atoms with E-state index in [2.05, 4.69) is 44.2 Å². The van der Waals surface area contributed by atoms with Crippen molar-refractivity contribution in [3.63, 3.8) is 0 Å². The molecule has 2 rings (SSSR count). The van der Waals surface area contributed by atoms with Crippen molar-refractivity contribution in [1.29, 1.82) is 0 Å². The van der Waals surface area contributed by atoms with Crippen LogP contribution in [0.15, 0.2) is 53.4 Å². The van der Waals surface area contributed by atoms with Crippen molar-refractivity contribution in [1.82, 2.24) is 0 Å². The summed E-state index contributed by atoms with van der Waals surface area (Å²) in [5, 5.41) is 10.2. The lowest BCUT2D eigenvalue weighted by atomic mass is 10.0. The lowest BCUT2D eigenvalue weighted by Crippen LogP contribution is -2.01. The summed E-state index contributed by atoms with van der Waals surface area (Å²) in [7, 11) is 0. The molecule has 0 spiro atoms. The minimum absolute atomic E-state index is 0.409. The fourth-order valence-electron chi connectivity index (χ4n) is 1.99. The van der Waals surface area contributed by atoms with Gasteiger partial charge in [-0.2, -0.15) is 0 Å². The van der Waals surface area contributed by atoms with Gasteiger partial charge in [0.15, 0.2) is 0 Å². The molecule has 0 aromatic heterocycles. The van der Waals surface area contributed by atoms with Gasteiger partial charge in [-0.1, -0.05) is 47.5 Å². The van der Waals surface area contributed by atoms with Crippen LogP contribution in [0.4, 0.5) is 0 Å². The third kappa shape index (κ3) is 3.62. The Balaban J connectivity index is 2.01. The van der Waals surface area contributed by atoms with Crippen LogP contribution in [0, 0.1) is 13.8 Å². The van der Waals surface area contributed by atoms with Crippen molar-refractivity contribution in [2.45, 2.75) is 24.8 Å². The van der Waals surface area contributed by atoms with Crippen LogP contribution >= 0.6 is 11.8 Å². The summed E-state index contributed by atoms with van der Waals surface area (Å²) in [5.74, 6) is 0.687. The van der Waals surface area contributed by atoms with Gasteiger partial charge in [0.25, 0.3) is 0 Å². The van der Waals surface area contributed by atoms with Gasteiger partial charge in [0.1, 0.15) is 0 Å². The monoisotopic (exact) mass is 258 g/mol. The third-order valence-electron chi connectivity index (χ3n) is 2.78. The van der Waals surface area contributed by atoms with Gasteiger partial charge in [-0.15, -0.1) is 11.8 Å². The molecule has 2 heteroatoms. The second-order valence-corrected chi connectivity index (χ2v) is 5.65. The van der Waals surface area contributed by atoms with Gasteiger partial charge < -0.3 is 5.11 Å². The predicted octanol–water partition coefficient (Wildman–Crippen LogP) is 4.13. The highest BCUT2D eigenvalue weighted by Gasteiger charge is 2.09. The Hall–Kier alpha value is -1.25. The SMILES string of the molecule is Cc1cc(C)cc(C(O)CSc2ccccc2)c1. The van der Waals surface area contributed by atoms with Crippen LogP contribution in [-0.4, -0.2) is 10.9 Å². The van der Waals surface area contributed by atoms with E-state index in [1.54, 1.807) is 11.8 Å². The van der Waals surface area contributed by atoms with Crippen molar-refractivity contribution >= 4 is 11.8 Å². The second kappa shape index (κ2) is 6.07. The van der Waals surface area contributed by atoms with Crippen molar-refractivity contribution < 1.29 is 5.11 Å². The molecule has 0 heterocycles. The molecule has 0 aliphatic heterocycles. The first kappa shape index (κ1) is 13.2. The summed E-state index contributed by atoms with van der Waals surface area (Å²) in [6, 6.07) is 16.4. The number of hydrogen-bond acceptors (Lipinski definition) is 2. The molecule has 0 amide bonds. The molecule has 18 heavy (non-hydrogen) atoms. The number of hydrogen-bond donors (Lipinski definition) is 1. The average Bonchev–Trinajstić information content (AvgIpc) is 2.36. The quantitative estimate of drug-likeness (QED) is 0.832. The maximum Gasteiger partial charge on any atom is 0.0884 e. The molecule has 0 bridgehead atoms. The molecular formula is C16H18OS. The van der Waals surface area contributed by atoms with Gasteiger partial charge in [-0.25, -0.2) is 0 Å². The number of aryl methyl sites for hydroxylation is 2. The summed E-state index contributed by atoms with van der Waals surface area (Å²) in [6.45, 7) is 4.13. The van der Waals surface area contributed by atoms with Crippen LogP contribution in [0.5, 0.6) is 0 Å². The Morgan fingerprint density at radius 2 is 1.61 bits per heavy atom.